The Balaban J connectivity index is 1.64. The summed E-state index contributed by atoms with van der Waals surface area (Å²) in [5, 5.41) is 2.97. The van der Waals surface area contributed by atoms with Gasteiger partial charge in [0.15, 0.2) is 0 Å². The number of nitrogens with zero attached hydrogens (tertiary/aromatic N) is 2. The summed E-state index contributed by atoms with van der Waals surface area (Å²) in [5.41, 5.74) is 2.42. The van der Waals surface area contributed by atoms with Gasteiger partial charge in [0.25, 0.3) is 0 Å². The van der Waals surface area contributed by atoms with Crippen LogP contribution in [0.5, 0.6) is 0 Å². The van der Waals surface area contributed by atoms with Crippen molar-refractivity contribution in [2.75, 3.05) is 6.54 Å². The summed E-state index contributed by atoms with van der Waals surface area (Å²) < 4.78 is 2.12. The van der Waals surface area contributed by atoms with Crippen molar-refractivity contribution in [3.63, 3.8) is 0 Å². The molecule has 4 nitrogen and oxygen atoms in total. The molecule has 0 saturated heterocycles. The molecular formula is C17H23N3O. The van der Waals surface area contributed by atoms with Crippen molar-refractivity contribution in [2.24, 2.45) is 0 Å². The molecule has 0 fully saturated rings. The predicted octanol–water partition coefficient (Wildman–Crippen LogP) is 2.64. The average Bonchev–Trinajstić information content (AvgIpc) is 2.80. The van der Waals surface area contributed by atoms with E-state index in [4.69, 9.17) is 0 Å². The number of aryl methyl sites for hydroxylation is 3. The molecule has 0 radical (unpaired) electrons. The number of hydrogen-bond acceptors (Lipinski definition) is 2. The summed E-state index contributed by atoms with van der Waals surface area (Å²) >= 11 is 0. The predicted molar refractivity (Wildman–Crippen MR) is 84.1 cm³/mol. The summed E-state index contributed by atoms with van der Waals surface area (Å²) in [5.74, 6) is 1.12. The van der Waals surface area contributed by atoms with Crippen LogP contribution in [0.25, 0.3) is 0 Å². The molecule has 2 rings (SSSR count). The van der Waals surface area contributed by atoms with Crippen molar-refractivity contribution in [1.82, 2.24) is 14.9 Å². The first-order valence-corrected chi connectivity index (χ1v) is 7.46. The third-order valence-electron chi connectivity index (χ3n) is 3.62. The van der Waals surface area contributed by atoms with Gasteiger partial charge in [-0.05, 0) is 32.3 Å². The molecule has 21 heavy (non-hydrogen) atoms. The van der Waals surface area contributed by atoms with Gasteiger partial charge < -0.3 is 9.88 Å². The van der Waals surface area contributed by atoms with E-state index in [0.29, 0.717) is 13.0 Å². The summed E-state index contributed by atoms with van der Waals surface area (Å²) in [7, 11) is 0. The summed E-state index contributed by atoms with van der Waals surface area (Å²) in [6, 6.07) is 10.3. The maximum Gasteiger partial charge on any atom is 0.220 e. The lowest BCUT2D eigenvalue weighted by Gasteiger charge is -2.09. The number of benzene rings is 1. The van der Waals surface area contributed by atoms with E-state index in [-0.39, 0.29) is 5.91 Å². The van der Waals surface area contributed by atoms with Crippen LogP contribution in [0.3, 0.4) is 0 Å². The Kier molecular flexibility index (Phi) is 5.55. The molecule has 0 saturated carbocycles. The van der Waals surface area contributed by atoms with Gasteiger partial charge in [-0.15, -0.1) is 0 Å². The molecule has 112 valence electrons. The summed E-state index contributed by atoms with van der Waals surface area (Å²) in [4.78, 5) is 16.0. The minimum atomic E-state index is 0.126. The largest absolute Gasteiger partial charge is 0.354 e. The lowest BCUT2D eigenvalue weighted by molar-refractivity contribution is -0.121. The molecule has 0 spiro atoms. The van der Waals surface area contributed by atoms with Gasteiger partial charge in [0.05, 0.1) is 0 Å². The van der Waals surface area contributed by atoms with Crippen molar-refractivity contribution in [3.05, 3.63) is 53.6 Å². The van der Waals surface area contributed by atoms with Crippen LogP contribution in [-0.2, 0) is 17.8 Å². The summed E-state index contributed by atoms with van der Waals surface area (Å²) in [6.07, 6.45) is 4.28. The molecule has 2 aromatic rings. The van der Waals surface area contributed by atoms with Gasteiger partial charge in [0, 0.05) is 31.4 Å². The van der Waals surface area contributed by atoms with E-state index in [1.165, 1.54) is 5.56 Å². The molecule has 0 atom stereocenters. The monoisotopic (exact) mass is 285 g/mol. The highest BCUT2D eigenvalue weighted by atomic mass is 16.1. The molecule has 0 unspecified atom stereocenters. The second-order valence-electron chi connectivity index (χ2n) is 5.29. The number of nitrogens with one attached hydrogen (secondary N) is 1. The molecule has 1 heterocycles. The highest BCUT2D eigenvalue weighted by Crippen LogP contribution is 2.04. The Labute approximate surface area is 126 Å². The SMILES string of the molecule is Cc1cnc(C)n1CCNC(=O)CCCc1ccccc1. The maximum atomic E-state index is 11.8. The molecule has 0 aliphatic rings. The average molecular weight is 285 g/mol. The molecule has 1 amide bonds. The van der Waals surface area contributed by atoms with Crippen LogP contribution in [0.15, 0.2) is 36.5 Å². The van der Waals surface area contributed by atoms with Crippen LogP contribution >= 0.6 is 0 Å². The molecule has 4 heteroatoms. The Hall–Kier alpha value is -2.10. The number of carbonyl (C=O) groups excluding carboxylic acids is 1. The van der Waals surface area contributed by atoms with E-state index in [1.54, 1.807) is 0 Å². The topological polar surface area (TPSA) is 46.9 Å². The normalized spacial score (nSPS) is 10.6. The molecule has 1 aromatic carbocycles. The fraction of sp³-hybridized carbons (Fsp3) is 0.412. The molecule has 0 aliphatic carbocycles. The van der Waals surface area contributed by atoms with Gasteiger partial charge in [-0.25, -0.2) is 4.98 Å². The van der Waals surface area contributed by atoms with Gasteiger partial charge in [-0.2, -0.15) is 0 Å². The van der Waals surface area contributed by atoms with Crippen LogP contribution < -0.4 is 5.32 Å². The van der Waals surface area contributed by atoms with E-state index < -0.39 is 0 Å². The fourth-order valence-corrected chi connectivity index (χ4v) is 2.41. The third-order valence-corrected chi connectivity index (χ3v) is 3.62. The van der Waals surface area contributed by atoms with E-state index in [9.17, 15) is 4.79 Å². The Morgan fingerprint density at radius 1 is 1.24 bits per heavy atom. The molecule has 1 N–H and O–H groups in total. The van der Waals surface area contributed by atoms with Crippen LogP contribution in [0, 0.1) is 13.8 Å². The van der Waals surface area contributed by atoms with Crippen LogP contribution in [0.2, 0.25) is 0 Å². The molecule has 0 aliphatic heterocycles. The number of carbonyl (C=O) groups is 1. The fourth-order valence-electron chi connectivity index (χ4n) is 2.41. The zero-order chi connectivity index (χ0) is 15.1. The zero-order valence-electron chi connectivity index (χ0n) is 12.8. The van der Waals surface area contributed by atoms with Gasteiger partial charge in [-0.1, -0.05) is 30.3 Å². The number of imidazole rings is 1. The standard InChI is InChI=1S/C17H23N3O/c1-14-13-19-15(2)20(14)12-11-18-17(21)10-6-9-16-7-4-3-5-8-16/h3-5,7-8,13H,6,9-12H2,1-2H3,(H,18,21). The van der Waals surface area contributed by atoms with Gasteiger partial charge in [0.2, 0.25) is 5.91 Å². The number of aromatic nitrogens is 2. The maximum absolute atomic E-state index is 11.8. The van der Waals surface area contributed by atoms with Gasteiger partial charge >= 0.3 is 0 Å². The Morgan fingerprint density at radius 3 is 2.67 bits per heavy atom. The molecule has 1 aromatic heterocycles. The first-order chi connectivity index (χ1) is 10.2. The quantitative estimate of drug-likeness (QED) is 0.850. The van der Waals surface area contributed by atoms with Crippen molar-refractivity contribution in [2.45, 2.75) is 39.7 Å². The van der Waals surface area contributed by atoms with E-state index in [1.807, 2.05) is 38.2 Å². The minimum Gasteiger partial charge on any atom is -0.354 e. The van der Waals surface area contributed by atoms with E-state index in [0.717, 1.165) is 30.9 Å². The smallest absolute Gasteiger partial charge is 0.220 e. The lowest BCUT2D eigenvalue weighted by atomic mass is 10.1. The van der Waals surface area contributed by atoms with Gasteiger partial charge in [0.1, 0.15) is 5.82 Å². The first kappa shape index (κ1) is 15.3. The Morgan fingerprint density at radius 2 is 2.00 bits per heavy atom. The number of hydrogen-bond donors (Lipinski definition) is 1. The molecule has 0 bridgehead atoms. The van der Waals surface area contributed by atoms with Crippen LogP contribution in [-0.4, -0.2) is 22.0 Å². The summed E-state index contributed by atoms with van der Waals surface area (Å²) in [6.45, 7) is 5.45. The van der Waals surface area contributed by atoms with E-state index >= 15 is 0 Å². The third kappa shape index (κ3) is 4.74. The lowest BCUT2D eigenvalue weighted by Crippen LogP contribution is -2.27. The number of rotatable bonds is 7. The minimum absolute atomic E-state index is 0.126. The molecular weight excluding hydrogens is 262 g/mol. The van der Waals surface area contributed by atoms with Crippen molar-refractivity contribution >= 4 is 5.91 Å². The van der Waals surface area contributed by atoms with Crippen molar-refractivity contribution < 1.29 is 4.79 Å². The van der Waals surface area contributed by atoms with Crippen LogP contribution in [0.4, 0.5) is 0 Å². The highest BCUT2D eigenvalue weighted by molar-refractivity contribution is 5.75. The number of amides is 1. The van der Waals surface area contributed by atoms with Crippen molar-refractivity contribution in [3.8, 4) is 0 Å². The zero-order valence-corrected chi connectivity index (χ0v) is 12.8. The van der Waals surface area contributed by atoms with E-state index in [2.05, 4.69) is 27.0 Å². The van der Waals surface area contributed by atoms with Crippen molar-refractivity contribution in [1.29, 1.82) is 0 Å². The second kappa shape index (κ2) is 7.62. The second-order valence-corrected chi connectivity index (χ2v) is 5.29. The highest BCUT2D eigenvalue weighted by Gasteiger charge is 2.04. The van der Waals surface area contributed by atoms with Gasteiger partial charge in [-0.3, -0.25) is 4.79 Å². The van der Waals surface area contributed by atoms with Crippen LogP contribution in [0.1, 0.15) is 29.9 Å². The first-order valence-electron chi connectivity index (χ1n) is 7.46. The Bertz CT molecular complexity index is 555.